The van der Waals surface area contributed by atoms with Crippen molar-refractivity contribution in [2.45, 2.75) is 46.6 Å². The van der Waals surface area contributed by atoms with Gasteiger partial charge < -0.3 is 5.11 Å². The molecule has 0 atom stereocenters. The van der Waals surface area contributed by atoms with E-state index in [-0.39, 0.29) is 29.6 Å². The third-order valence-electron chi connectivity index (χ3n) is 0. The van der Waals surface area contributed by atoms with Crippen LogP contribution in [-0.2, 0) is 0 Å². The SMILES string of the molecule is CC(C)(C)[O-].CCC.[Na+]. The Morgan fingerprint density at radius 3 is 1.11 bits per heavy atom. The fourth-order valence-corrected chi connectivity index (χ4v) is 0. The Kier molecular flexibility index (Phi) is 16.4. The molecule has 0 saturated carbocycles. The summed E-state index contributed by atoms with van der Waals surface area (Å²) in [5.74, 6) is 0. The molecule has 1 nitrogen and oxygen atoms in total. The Balaban J connectivity index is -0.0000000800. The van der Waals surface area contributed by atoms with Crippen molar-refractivity contribution in [1.29, 1.82) is 0 Å². The molecule has 0 heterocycles. The molecule has 0 radical (unpaired) electrons. The summed E-state index contributed by atoms with van der Waals surface area (Å²) >= 11 is 0. The normalized spacial score (nSPS) is 8.67. The molecule has 52 valence electrons. The van der Waals surface area contributed by atoms with E-state index in [0.717, 1.165) is 0 Å². The maximum atomic E-state index is 10.1. The van der Waals surface area contributed by atoms with Gasteiger partial charge in [-0.1, -0.05) is 41.0 Å². The van der Waals surface area contributed by atoms with Crippen LogP contribution in [0.15, 0.2) is 0 Å². The maximum Gasteiger partial charge on any atom is 1.00 e. The van der Waals surface area contributed by atoms with Gasteiger partial charge >= 0.3 is 29.6 Å². The monoisotopic (exact) mass is 140 g/mol. The largest absolute Gasteiger partial charge is 1.00 e. The minimum absolute atomic E-state index is 0. The first kappa shape index (κ1) is 16.5. The molecular formula is C7H17NaO. The predicted molar refractivity (Wildman–Crippen MR) is 35.7 cm³/mol. The first-order valence-electron chi connectivity index (χ1n) is 3.12. The Morgan fingerprint density at radius 2 is 1.11 bits per heavy atom. The molecule has 0 aromatic heterocycles. The van der Waals surface area contributed by atoms with Crippen LogP contribution < -0.4 is 34.7 Å². The number of rotatable bonds is 0. The van der Waals surface area contributed by atoms with Gasteiger partial charge in [0.15, 0.2) is 0 Å². The van der Waals surface area contributed by atoms with Crippen molar-refractivity contribution in [3.8, 4) is 0 Å². The van der Waals surface area contributed by atoms with Crippen LogP contribution in [0.4, 0.5) is 0 Å². The van der Waals surface area contributed by atoms with E-state index >= 15 is 0 Å². The summed E-state index contributed by atoms with van der Waals surface area (Å²) in [6, 6.07) is 0. The van der Waals surface area contributed by atoms with E-state index in [9.17, 15) is 5.11 Å². The molecule has 0 amide bonds. The van der Waals surface area contributed by atoms with Crippen LogP contribution in [0.5, 0.6) is 0 Å². The van der Waals surface area contributed by atoms with E-state index in [4.69, 9.17) is 0 Å². The zero-order valence-corrected chi connectivity index (χ0v) is 9.62. The van der Waals surface area contributed by atoms with Crippen molar-refractivity contribution in [1.82, 2.24) is 0 Å². The van der Waals surface area contributed by atoms with Crippen molar-refractivity contribution in [2.75, 3.05) is 0 Å². The first-order chi connectivity index (χ1) is 3.41. The van der Waals surface area contributed by atoms with Crippen molar-refractivity contribution >= 4 is 0 Å². The Hall–Kier alpha value is 0.960. The second kappa shape index (κ2) is 8.96. The summed E-state index contributed by atoms with van der Waals surface area (Å²) in [4.78, 5) is 0. The van der Waals surface area contributed by atoms with Crippen LogP contribution >= 0.6 is 0 Å². The molecule has 0 N–H and O–H groups in total. The molecule has 0 unspecified atom stereocenters. The van der Waals surface area contributed by atoms with Gasteiger partial charge in [-0.15, -0.1) is 5.60 Å². The fourth-order valence-electron chi connectivity index (χ4n) is 0. The summed E-state index contributed by atoms with van der Waals surface area (Å²) in [6.45, 7) is 9.15. The van der Waals surface area contributed by atoms with Gasteiger partial charge in [0.1, 0.15) is 0 Å². The summed E-state index contributed by atoms with van der Waals surface area (Å²) in [5, 5.41) is 10.1. The van der Waals surface area contributed by atoms with E-state index in [1.165, 1.54) is 6.42 Å². The average molecular weight is 140 g/mol. The maximum absolute atomic E-state index is 10.1. The molecule has 0 aromatic carbocycles. The predicted octanol–water partition coefficient (Wildman–Crippen LogP) is -1.43. The van der Waals surface area contributed by atoms with Gasteiger partial charge in [-0.3, -0.25) is 0 Å². The van der Waals surface area contributed by atoms with Crippen LogP contribution in [0.2, 0.25) is 0 Å². The molecule has 0 bridgehead atoms. The standard InChI is InChI=1S/C4H9O.C3H8.Na/c1-4(2,3)5;1-3-2;/h1-3H3;3H2,1-2H3;/q-1;;+1. The molecule has 0 aliphatic heterocycles. The van der Waals surface area contributed by atoms with Crippen molar-refractivity contribution in [2.24, 2.45) is 0 Å². The molecule has 0 aliphatic carbocycles. The Bertz CT molecular complexity index is 32.7. The molecule has 9 heavy (non-hydrogen) atoms. The van der Waals surface area contributed by atoms with Gasteiger partial charge in [0.05, 0.1) is 0 Å². The molecule has 0 aromatic rings. The average Bonchev–Trinajstić information content (AvgIpc) is 1.27. The van der Waals surface area contributed by atoms with Crippen molar-refractivity contribution in [3.05, 3.63) is 0 Å². The van der Waals surface area contributed by atoms with Gasteiger partial charge in [0, 0.05) is 0 Å². The fraction of sp³-hybridized carbons (Fsp3) is 1.00. The quantitative estimate of drug-likeness (QED) is 0.378. The molecular weight excluding hydrogens is 123 g/mol. The second-order valence-electron chi connectivity index (χ2n) is 2.82. The van der Waals surface area contributed by atoms with Gasteiger partial charge in [-0.05, 0) is 0 Å². The van der Waals surface area contributed by atoms with Crippen LogP contribution in [0, 0.1) is 0 Å². The number of hydrogen-bond donors (Lipinski definition) is 0. The van der Waals surface area contributed by atoms with E-state index < -0.39 is 5.60 Å². The van der Waals surface area contributed by atoms with Crippen molar-refractivity contribution in [3.63, 3.8) is 0 Å². The summed E-state index contributed by atoms with van der Waals surface area (Å²) in [5.41, 5.74) is -0.750. The Morgan fingerprint density at radius 1 is 1.11 bits per heavy atom. The zero-order chi connectivity index (χ0) is 7.21. The third kappa shape index (κ3) is 471. The van der Waals surface area contributed by atoms with E-state index in [1.807, 2.05) is 0 Å². The number of hydrogen-bond acceptors (Lipinski definition) is 1. The minimum Gasteiger partial charge on any atom is -0.850 e. The minimum atomic E-state index is -0.750. The molecule has 0 aliphatic rings. The molecule has 0 saturated heterocycles. The second-order valence-corrected chi connectivity index (χ2v) is 2.82. The molecule has 0 rings (SSSR count). The van der Waals surface area contributed by atoms with Crippen LogP contribution in [0.1, 0.15) is 41.0 Å². The summed E-state index contributed by atoms with van der Waals surface area (Å²) in [6.07, 6.45) is 1.25. The summed E-state index contributed by atoms with van der Waals surface area (Å²) < 4.78 is 0. The molecule has 2 heteroatoms. The van der Waals surface area contributed by atoms with E-state index in [2.05, 4.69) is 13.8 Å². The van der Waals surface area contributed by atoms with Gasteiger partial charge in [-0.25, -0.2) is 0 Å². The van der Waals surface area contributed by atoms with Crippen LogP contribution in [-0.4, -0.2) is 5.60 Å². The van der Waals surface area contributed by atoms with E-state index in [1.54, 1.807) is 20.8 Å². The Labute approximate surface area is 81.1 Å². The smallest absolute Gasteiger partial charge is 0.850 e. The zero-order valence-electron chi connectivity index (χ0n) is 7.62. The van der Waals surface area contributed by atoms with Crippen LogP contribution in [0.3, 0.4) is 0 Å². The topological polar surface area (TPSA) is 23.1 Å². The van der Waals surface area contributed by atoms with Crippen molar-refractivity contribution < 1.29 is 34.7 Å². The van der Waals surface area contributed by atoms with Gasteiger partial charge in [0.2, 0.25) is 0 Å². The molecule has 0 spiro atoms. The molecule has 0 fully saturated rings. The van der Waals surface area contributed by atoms with Crippen LogP contribution in [0.25, 0.3) is 0 Å². The summed E-state index contributed by atoms with van der Waals surface area (Å²) in [7, 11) is 0. The third-order valence-corrected chi connectivity index (χ3v) is 0. The van der Waals surface area contributed by atoms with E-state index in [0.29, 0.717) is 0 Å². The van der Waals surface area contributed by atoms with Gasteiger partial charge in [0.25, 0.3) is 0 Å². The van der Waals surface area contributed by atoms with Gasteiger partial charge in [-0.2, -0.15) is 0 Å². The first-order valence-corrected chi connectivity index (χ1v) is 3.12.